The lowest BCUT2D eigenvalue weighted by Crippen LogP contribution is -2.46. The Labute approximate surface area is 110 Å². The minimum atomic E-state index is -0.187. The Bertz CT molecular complexity index is 262. The van der Waals surface area contributed by atoms with Crippen molar-refractivity contribution in [2.75, 3.05) is 39.5 Å². The van der Waals surface area contributed by atoms with Crippen LogP contribution < -0.4 is 0 Å². The molecule has 0 aromatic carbocycles. The highest BCUT2D eigenvalue weighted by Gasteiger charge is 2.28. The van der Waals surface area contributed by atoms with Crippen LogP contribution in [0, 0.1) is 5.92 Å². The maximum absolute atomic E-state index is 12.2. The van der Waals surface area contributed by atoms with Crippen LogP contribution in [0.5, 0.6) is 0 Å². The van der Waals surface area contributed by atoms with E-state index < -0.39 is 0 Å². The van der Waals surface area contributed by atoms with Crippen LogP contribution in [0.25, 0.3) is 0 Å². The number of ether oxygens (including phenoxy) is 2. The summed E-state index contributed by atoms with van der Waals surface area (Å²) in [4.78, 5) is 14.6. The molecule has 0 saturated carbocycles. The summed E-state index contributed by atoms with van der Waals surface area (Å²) in [6, 6.07) is 0. The molecular formula is C14H25NO3. The van der Waals surface area contributed by atoms with E-state index >= 15 is 0 Å². The number of hydrogen-bond acceptors (Lipinski definition) is 4. The highest BCUT2D eigenvalue weighted by atomic mass is 16.5. The second-order valence-electron chi connectivity index (χ2n) is 5.39. The van der Waals surface area contributed by atoms with E-state index in [9.17, 15) is 4.79 Å². The van der Waals surface area contributed by atoms with Crippen LogP contribution >= 0.6 is 0 Å². The summed E-state index contributed by atoms with van der Waals surface area (Å²) < 4.78 is 11.0. The summed E-state index contributed by atoms with van der Waals surface area (Å²) in [7, 11) is 0. The third kappa shape index (κ3) is 4.04. The standard InChI is InChI=1S/C14H25NO3/c1-2-5-15-6-9-18-14(11-15)13(16)10-12-3-7-17-8-4-12/h12,14H,2-11H2,1H3. The second-order valence-corrected chi connectivity index (χ2v) is 5.39. The molecule has 2 aliphatic heterocycles. The van der Waals surface area contributed by atoms with E-state index in [1.807, 2.05) is 0 Å². The van der Waals surface area contributed by atoms with Gasteiger partial charge in [-0.05, 0) is 31.7 Å². The zero-order valence-electron chi connectivity index (χ0n) is 11.4. The Morgan fingerprint density at radius 2 is 2.06 bits per heavy atom. The van der Waals surface area contributed by atoms with E-state index in [0.717, 1.165) is 52.1 Å². The van der Waals surface area contributed by atoms with Crippen LogP contribution in [0.4, 0.5) is 0 Å². The SMILES string of the molecule is CCCN1CCOC(C(=O)CC2CCOCC2)C1. The van der Waals surface area contributed by atoms with E-state index in [4.69, 9.17) is 9.47 Å². The highest BCUT2D eigenvalue weighted by molar-refractivity contribution is 5.83. The number of carbonyl (C=O) groups is 1. The molecule has 1 atom stereocenters. The molecule has 104 valence electrons. The lowest BCUT2D eigenvalue weighted by molar-refractivity contribution is -0.137. The summed E-state index contributed by atoms with van der Waals surface area (Å²) in [5.74, 6) is 0.805. The van der Waals surface area contributed by atoms with Crippen molar-refractivity contribution in [1.29, 1.82) is 0 Å². The molecule has 2 rings (SSSR count). The summed E-state index contributed by atoms with van der Waals surface area (Å²) in [6.45, 7) is 7.32. The summed E-state index contributed by atoms with van der Waals surface area (Å²) in [5.41, 5.74) is 0. The Balaban J connectivity index is 1.76. The van der Waals surface area contributed by atoms with Gasteiger partial charge in [-0.2, -0.15) is 0 Å². The molecule has 0 bridgehead atoms. The molecule has 2 saturated heterocycles. The number of ketones is 1. The van der Waals surface area contributed by atoms with Crippen molar-refractivity contribution >= 4 is 5.78 Å². The molecule has 1 unspecified atom stereocenters. The Morgan fingerprint density at radius 3 is 2.78 bits per heavy atom. The number of carbonyl (C=O) groups excluding carboxylic acids is 1. The molecule has 0 aromatic rings. The second kappa shape index (κ2) is 7.22. The smallest absolute Gasteiger partial charge is 0.163 e. The Hall–Kier alpha value is -0.450. The zero-order valence-corrected chi connectivity index (χ0v) is 11.4. The maximum Gasteiger partial charge on any atom is 0.163 e. The lowest BCUT2D eigenvalue weighted by Gasteiger charge is -2.32. The van der Waals surface area contributed by atoms with Crippen LogP contribution in [0.2, 0.25) is 0 Å². The van der Waals surface area contributed by atoms with E-state index in [0.29, 0.717) is 24.7 Å². The number of Topliss-reactive ketones (excluding diaryl/α,β-unsaturated/α-hetero) is 1. The molecule has 0 aromatic heterocycles. The summed E-state index contributed by atoms with van der Waals surface area (Å²) >= 11 is 0. The van der Waals surface area contributed by atoms with Gasteiger partial charge in [-0.1, -0.05) is 6.92 Å². The van der Waals surface area contributed by atoms with Crippen LogP contribution in [0.15, 0.2) is 0 Å². The molecule has 0 amide bonds. The molecule has 0 spiro atoms. The fourth-order valence-corrected chi connectivity index (χ4v) is 2.78. The van der Waals surface area contributed by atoms with Crippen LogP contribution in [0.3, 0.4) is 0 Å². The van der Waals surface area contributed by atoms with Crippen molar-refractivity contribution in [3.05, 3.63) is 0 Å². The summed E-state index contributed by atoms with van der Waals surface area (Å²) in [6.07, 6.45) is 3.68. The van der Waals surface area contributed by atoms with Crippen molar-refractivity contribution in [1.82, 2.24) is 4.90 Å². The van der Waals surface area contributed by atoms with Gasteiger partial charge in [0.2, 0.25) is 0 Å². The predicted molar refractivity (Wildman–Crippen MR) is 69.6 cm³/mol. The quantitative estimate of drug-likeness (QED) is 0.746. The van der Waals surface area contributed by atoms with Gasteiger partial charge in [0.25, 0.3) is 0 Å². The van der Waals surface area contributed by atoms with Gasteiger partial charge in [-0.15, -0.1) is 0 Å². The molecule has 0 aliphatic carbocycles. The first-order chi connectivity index (χ1) is 8.79. The van der Waals surface area contributed by atoms with E-state index in [1.54, 1.807) is 0 Å². The summed E-state index contributed by atoms with van der Waals surface area (Å²) in [5, 5.41) is 0. The van der Waals surface area contributed by atoms with Crippen LogP contribution in [-0.2, 0) is 14.3 Å². The molecule has 4 nitrogen and oxygen atoms in total. The number of nitrogens with zero attached hydrogens (tertiary/aromatic N) is 1. The third-order valence-corrected chi connectivity index (χ3v) is 3.88. The minimum Gasteiger partial charge on any atom is -0.381 e. The van der Waals surface area contributed by atoms with E-state index in [-0.39, 0.29) is 6.10 Å². The van der Waals surface area contributed by atoms with Gasteiger partial charge < -0.3 is 9.47 Å². The normalized spacial score (nSPS) is 27.3. The van der Waals surface area contributed by atoms with Gasteiger partial charge in [0.05, 0.1) is 6.61 Å². The largest absolute Gasteiger partial charge is 0.381 e. The molecule has 18 heavy (non-hydrogen) atoms. The van der Waals surface area contributed by atoms with Crippen LogP contribution in [0.1, 0.15) is 32.6 Å². The maximum atomic E-state index is 12.2. The molecule has 0 radical (unpaired) electrons. The van der Waals surface area contributed by atoms with E-state index in [2.05, 4.69) is 11.8 Å². The number of hydrogen-bond donors (Lipinski definition) is 0. The average molecular weight is 255 g/mol. The van der Waals surface area contributed by atoms with Gasteiger partial charge in [-0.3, -0.25) is 9.69 Å². The van der Waals surface area contributed by atoms with Gasteiger partial charge in [0, 0.05) is 32.7 Å². The number of rotatable bonds is 5. The molecule has 0 N–H and O–H groups in total. The first kappa shape index (κ1) is 14.0. The first-order valence-electron chi connectivity index (χ1n) is 7.24. The van der Waals surface area contributed by atoms with Crippen molar-refractivity contribution in [2.45, 2.75) is 38.7 Å². The zero-order chi connectivity index (χ0) is 12.8. The van der Waals surface area contributed by atoms with Crippen LogP contribution in [-0.4, -0.2) is 56.2 Å². The fourth-order valence-electron chi connectivity index (χ4n) is 2.78. The lowest BCUT2D eigenvalue weighted by atomic mass is 9.92. The van der Waals surface area contributed by atoms with Gasteiger partial charge >= 0.3 is 0 Å². The van der Waals surface area contributed by atoms with Crippen molar-refractivity contribution in [3.63, 3.8) is 0 Å². The molecule has 2 fully saturated rings. The van der Waals surface area contributed by atoms with Crippen molar-refractivity contribution in [2.24, 2.45) is 5.92 Å². The molecule has 2 aliphatic rings. The highest BCUT2D eigenvalue weighted by Crippen LogP contribution is 2.20. The monoisotopic (exact) mass is 255 g/mol. The van der Waals surface area contributed by atoms with Crippen molar-refractivity contribution < 1.29 is 14.3 Å². The minimum absolute atomic E-state index is 0.187. The Morgan fingerprint density at radius 1 is 1.28 bits per heavy atom. The van der Waals surface area contributed by atoms with Crippen molar-refractivity contribution in [3.8, 4) is 0 Å². The first-order valence-corrected chi connectivity index (χ1v) is 7.24. The predicted octanol–water partition coefficient (Wildman–Crippen LogP) is 1.48. The average Bonchev–Trinajstić information content (AvgIpc) is 2.40. The van der Waals surface area contributed by atoms with Gasteiger partial charge in [0.15, 0.2) is 5.78 Å². The molecule has 4 heteroatoms. The fraction of sp³-hybridized carbons (Fsp3) is 0.929. The molecule has 2 heterocycles. The van der Waals surface area contributed by atoms with E-state index in [1.165, 1.54) is 0 Å². The topological polar surface area (TPSA) is 38.8 Å². The van der Waals surface area contributed by atoms with Gasteiger partial charge in [-0.25, -0.2) is 0 Å². The Kier molecular flexibility index (Phi) is 5.60. The van der Waals surface area contributed by atoms with Gasteiger partial charge in [0.1, 0.15) is 6.10 Å². The molecular weight excluding hydrogens is 230 g/mol. The number of morpholine rings is 1. The third-order valence-electron chi connectivity index (χ3n) is 3.88.